The number of likely N-dealkylation sites (tertiary alicyclic amines) is 1. The van der Waals surface area contributed by atoms with Crippen LogP contribution in [0.4, 0.5) is 28.8 Å². The summed E-state index contributed by atoms with van der Waals surface area (Å²) >= 11 is 1.71. The van der Waals surface area contributed by atoms with Crippen molar-refractivity contribution in [1.29, 1.82) is 0 Å². The van der Waals surface area contributed by atoms with Crippen molar-refractivity contribution in [3.8, 4) is 5.75 Å². The Balaban J connectivity index is 0.913. The standard InChI is InChI=1S/C48H66N10O6S/c1-8-11-32(3)55(5)30-38-35(31-59)12-10-13-39(38)52-44(60)28-49-20-24-64-25-23-57-21-18-36(19-22-57)51-46(61)34-15-17-40(43(26-34)63-7)53-48-50-27-42-45(54-48)58(29-37-16-14-33(4)65-37)41(9-2)47(62)56(42)6/h10,12-17,26-27,31-32,36,41,49H,8-9,11,18-25,28-30H2,1-7H3,(H,51,61)(H,52,60)(H,50,53,54). The van der Waals surface area contributed by atoms with Crippen LogP contribution >= 0.6 is 11.3 Å². The van der Waals surface area contributed by atoms with Gasteiger partial charge < -0.3 is 45.4 Å². The normalized spacial score (nSPS) is 16.1. The molecule has 2 atom stereocenters. The van der Waals surface area contributed by atoms with E-state index in [4.69, 9.17) is 14.5 Å². The Morgan fingerprint density at radius 3 is 2.58 bits per heavy atom. The first-order chi connectivity index (χ1) is 31.4. The minimum Gasteiger partial charge on any atom is -0.495 e. The second-order valence-corrected chi connectivity index (χ2v) is 18.2. The quantitative estimate of drug-likeness (QED) is 0.0488. The fourth-order valence-corrected chi connectivity index (χ4v) is 9.22. The number of aryl methyl sites for hydroxylation is 1. The van der Waals surface area contributed by atoms with Gasteiger partial charge in [0.15, 0.2) is 5.82 Å². The number of likely N-dealkylation sites (N-methyl/N-ethyl adjacent to an activating group) is 1. The maximum absolute atomic E-state index is 13.4. The molecule has 1 fully saturated rings. The van der Waals surface area contributed by atoms with Crippen LogP contribution in [0.15, 0.2) is 54.7 Å². The van der Waals surface area contributed by atoms with Crippen molar-refractivity contribution in [1.82, 2.24) is 30.4 Å². The van der Waals surface area contributed by atoms with E-state index in [1.165, 1.54) is 4.88 Å². The number of nitrogens with zero attached hydrogens (tertiary/aromatic N) is 6. The second kappa shape index (κ2) is 23.6. The molecule has 0 spiro atoms. The molecule has 17 heteroatoms. The molecule has 16 nitrogen and oxygen atoms in total. The van der Waals surface area contributed by atoms with Gasteiger partial charge in [-0.2, -0.15) is 4.98 Å². The van der Waals surface area contributed by atoms with E-state index < -0.39 is 0 Å². The van der Waals surface area contributed by atoms with E-state index in [-0.39, 0.29) is 36.3 Å². The molecule has 0 saturated carbocycles. The molecule has 2 aliphatic heterocycles. The smallest absolute Gasteiger partial charge is 0.251 e. The molecule has 2 aliphatic rings. The Labute approximate surface area is 387 Å². The number of aldehydes is 1. The predicted molar refractivity (Wildman–Crippen MR) is 258 cm³/mol. The number of hydrogen-bond donors (Lipinski definition) is 4. The lowest BCUT2D eigenvalue weighted by Gasteiger charge is -2.40. The van der Waals surface area contributed by atoms with Gasteiger partial charge in [0.2, 0.25) is 17.8 Å². The van der Waals surface area contributed by atoms with E-state index in [9.17, 15) is 19.2 Å². The molecule has 2 aromatic carbocycles. The maximum atomic E-state index is 13.4. The van der Waals surface area contributed by atoms with Gasteiger partial charge in [-0.25, -0.2) is 4.98 Å². The van der Waals surface area contributed by atoms with Gasteiger partial charge >= 0.3 is 0 Å². The number of benzene rings is 2. The number of nitrogens with one attached hydrogen (secondary N) is 4. The first kappa shape index (κ1) is 49.0. The van der Waals surface area contributed by atoms with E-state index in [0.717, 1.165) is 62.0 Å². The third-order valence-corrected chi connectivity index (χ3v) is 13.2. The minimum atomic E-state index is -0.354. The molecule has 4 aromatic rings. The highest BCUT2D eigenvalue weighted by Gasteiger charge is 2.37. The van der Waals surface area contributed by atoms with E-state index in [1.54, 1.807) is 66.9 Å². The Morgan fingerprint density at radius 1 is 1.08 bits per heavy atom. The lowest BCUT2D eigenvalue weighted by Crippen LogP contribution is -2.52. The molecule has 0 aliphatic carbocycles. The number of methoxy groups -OCH3 is 1. The first-order valence-corrected chi connectivity index (χ1v) is 23.5. The van der Waals surface area contributed by atoms with Gasteiger partial charge in [-0.05, 0) is 83.0 Å². The lowest BCUT2D eigenvalue weighted by molar-refractivity contribution is -0.120. The third-order valence-electron chi connectivity index (χ3n) is 12.3. The van der Waals surface area contributed by atoms with Crippen LogP contribution < -0.4 is 35.8 Å². The molecule has 4 N–H and O–H groups in total. The van der Waals surface area contributed by atoms with Crippen LogP contribution in [0, 0.1) is 6.92 Å². The zero-order valence-corrected chi connectivity index (χ0v) is 39.8. The highest BCUT2D eigenvalue weighted by atomic mass is 32.1. The Bertz CT molecular complexity index is 2250. The summed E-state index contributed by atoms with van der Waals surface area (Å²) in [5, 5.41) is 12.6. The average molecular weight is 911 g/mol. The van der Waals surface area contributed by atoms with Crippen LogP contribution in [0.5, 0.6) is 5.75 Å². The SMILES string of the molecule is CCCC(C)N(C)Cc1c(C=O)cccc1NC(=O)CNCCOCCN1CCC(NC(=O)c2ccc(Nc3ncc4c(n3)N(Cc3ccc(C)s3)C(CC)C(=O)N4C)c(OC)c2)CC1. The maximum Gasteiger partial charge on any atom is 0.251 e. The lowest BCUT2D eigenvalue weighted by atomic mass is 10.0. The number of fused-ring (bicyclic) bond motifs is 1. The van der Waals surface area contributed by atoms with Crippen molar-refractivity contribution in [2.24, 2.45) is 0 Å². The van der Waals surface area contributed by atoms with Crippen LogP contribution in [0.25, 0.3) is 0 Å². The second-order valence-electron chi connectivity index (χ2n) is 16.9. The molecule has 350 valence electrons. The van der Waals surface area contributed by atoms with Crippen molar-refractivity contribution < 1.29 is 28.7 Å². The number of piperidine rings is 1. The molecule has 2 aromatic heterocycles. The average Bonchev–Trinajstić information content (AvgIpc) is 3.72. The van der Waals surface area contributed by atoms with Gasteiger partial charge in [0.1, 0.15) is 23.8 Å². The van der Waals surface area contributed by atoms with E-state index in [1.807, 2.05) is 20.0 Å². The van der Waals surface area contributed by atoms with Crippen molar-refractivity contribution >= 4 is 64.2 Å². The number of carbonyl (C=O) groups is 4. The van der Waals surface area contributed by atoms with Crippen molar-refractivity contribution in [2.75, 3.05) is 87.6 Å². The molecular formula is C48H66N10O6S. The Hall–Kier alpha value is -5.46. The highest BCUT2D eigenvalue weighted by molar-refractivity contribution is 7.11. The number of aromatic nitrogens is 2. The molecule has 0 bridgehead atoms. The zero-order chi connectivity index (χ0) is 46.5. The predicted octanol–water partition coefficient (Wildman–Crippen LogP) is 6.23. The molecule has 2 unspecified atom stereocenters. The molecule has 4 heterocycles. The van der Waals surface area contributed by atoms with Gasteiger partial charge in [-0.1, -0.05) is 32.4 Å². The number of anilines is 5. The summed E-state index contributed by atoms with van der Waals surface area (Å²) in [6.45, 7) is 13.7. The van der Waals surface area contributed by atoms with Crippen LogP contribution in [0.1, 0.15) is 88.9 Å². The summed E-state index contributed by atoms with van der Waals surface area (Å²) < 4.78 is 11.6. The molecule has 6 rings (SSSR count). The Morgan fingerprint density at radius 2 is 1.88 bits per heavy atom. The minimum absolute atomic E-state index is 0.0111. The van der Waals surface area contributed by atoms with E-state index in [2.05, 4.69) is 73.9 Å². The van der Waals surface area contributed by atoms with E-state index in [0.29, 0.717) is 91.0 Å². The summed E-state index contributed by atoms with van der Waals surface area (Å²) in [5.74, 6) is 1.17. The summed E-state index contributed by atoms with van der Waals surface area (Å²) in [6.07, 6.45) is 6.92. The number of carbonyl (C=O) groups excluding carboxylic acids is 4. The molecule has 3 amide bonds. The number of hydrogen-bond acceptors (Lipinski definition) is 14. The first-order valence-electron chi connectivity index (χ1n) is 22.7. The van der Waals surface area contributed by atoms with Crippen LogP contribution in [0.3, 0.4) is 0 Å². The summed E-state index contributed by atoms with van der Waals surface area (Å²) in [5.41, 5.74) is 3.80. The van der Waals surface area contributed by atoms with Crippen LogP contribution in [-0.2, 0) is 27.4 Å². The van der Waals surface area contributed by atoms with Crippen molar-refractivity contribution in [3.63, 3.8) is 0 Å². The fourth-order valence-electron chi connectivity index (χ4n) is 8.33. The van der Waals surface area contributed by atoms with Crippen LogP contribution in [-0.4, -0.2) is 129 Å². The molecule has 0 radical (unpaired) electrons. The number of thiophene rings is 1. The summed E-state index contributed by atoms with van der Waals surface area (Å²) in [7, 11) is 5.36. The zero-order valence-electron chi connectivity index (χ0n) is 38.9. The van der Waals surface area contributed by atoms with Crippen LogP contribution in [0.2, 0.25) is 0 Å². The van der Waals surface area contributed by atoms with Crippen molar-refractivity contribution in [3.05, 3.63) is 81.2 Å². The number of rotatable bonds is 23. The van der Waals surface area contributed by atoms with Gasteiger partial charge in [0, 0.05) is 84.0 Å². The van der Waals surface area contributed by atoms with E-state index >= 15 is 0 Å². The van der Waals surface area contributed by atoms with Gasteiger partial charge in [-0.15, -0.1) is 11.3 Å². The topological polar surface area (TPSA) is 174 Å². The fraction of sp³-hybridized carbons (Fsp3) is 0.500. The number of ether oxygens (including phenoxy) is 2. The third kappa shape index (κ3) is 12.9. The van der Waals surface area contributed by atoms with Gasteiger partial charge in [0.25, 0.3) is 5.91 Å². The Kier molecular flexibility index (Phi) is 17.8. The molecule has 65 heavy (non-hydrogen) atoms. The summed E-state index contributed by atoms with van der Waals surface area (Å²) in [6, 6.07) is 14.9. The molecule has 1 saturated heterocycles. The largest absolute Gasteiger partial charge is 0.495 e. The summed E-state index contributed by atoms with van der Waals surface area (Å²) in [4.78, 5) is 71.4. The molecular weight excluding hydrogens is 845 g/mol. The highest BCUT2D eigenvalue weighted by Crippen LogP contribution is 2.38. The van der Waals surface area contributed by atoms with Crippen molar-refractivity contribution in [2.45, 2.75) is 91.0 Å². The van der Waals surface area contributed by atoms with Gasteiger partial charge in [0.05, 0.1) is 45.3 Å². The number of amides is 3. The monoisotopic (exact) mass is 910 g/mol. The van der Waals surface area contributed by atoms with Gasteiger partial charge in [-0.3, -0.25) is 24.1 Å².